The first kappa shape index (κ1) is 13.6. The summed E-state index contributed by atoms with van der Waals surface area (Å²) in [5, 5.41) is 1.66. The van der Waals surface area contributed by atoms with E-state index in [1.54, 1.807) is 6.07 Å². The molecule has 2 N–H and O–H groups in total. The van der Waals surface area contributed by atoms with E-state index in [0.717, 1.165) is 16.9 Å². The number of fused-ring (bicyclic) bond motifs is 1. The van der Waals surface area contributed by atoms with Crippen LogP contribution in [0.15, 0.2) is 36.4 Å². The third-order valence-corrected chi connectivity index (χ3v) is 4.83. The van der Waals surface area contributed by atoms with Gasteiger partial charge in [-0.2, -0.15) is 0 Å². The van der Waals surface area contributed by atoms with E-state index in [1.807, 2.05) is 30.3 Å². The summed E-state index contributed by atoms with van der Waals surface area (Å²) in [7, 11) is 0. The number of halogens is 1. The van der Waals surface area contributed by atoms with Crippen molar-refractivity contribution in [3.8, 4) is 0 Å². The van der Waals surface area contributed by atoms with Gasteiger partial charge in [0.05, 0.1) is 0 Å². The second kappa shape index (κ2) is 5.53. The Morgan fingerprint density at radius 2 is 1.65 bits per heavy atom. The van der Waals surface area contributed by atoms with Crippen molar-refractivity contribution < 1.29 is 4.39 Å². The Balaban J connectivity index is 1.95. The fraction of sp³-hybridized carbons (Fsp3) is 0.444. The van der Waals surface area contributed by atoms with Gasteiger partial charge < -0.3 is 5.73 Å². The molecular weight excluding hydrogens is 249 g/mol. The molecule has 0 amide bonds. The van der Waals surface area contributed by atoms with Crippen LogP contribution in [-0.4, -0.2) is 0 Å². The first-order valence-corrected chi connectivity index (χ1v) is 7.59. The standard InChI is InChI=1S/C18H22FN/c1-12-6-8-13(9-7-12)18(20)16-10-11-17(19)15-5-3-2-4-14(15)16/h2-5,10-13,18H,6-9,20H2,1H3. The summed E-state index contributed by atoms with van der Waals surface area (Å²) in [6.45, 7) is 2.31. The van der Waals surface area contributed by atoms with Crippen molar-refractivity contribution >= 4 is 10.8 Å². The molecular formula is C18H22FN. The van der Waals surface area contributed by atoms with E-state index in [9.17, 15) is 4.39 Å². The van der Waals surface area contributed by atoms with Crippen molar-refractivity contribution in [1.82, 2.24) is 0 Å². The van der Waals surface area contributed by atoms with E-state index in [-0.39, 0.29) is 11.9 Å². The molecule has 1 aliphatic carbocycles. The summed E-state index contributed by atoms with van der Waals surface area (Å²) in [6, 6.07) is 11.1. The molecule has 1 aliphatic rings. The molecule has 0 saturated heterocycles. The van der Waals surface area contributed by atoms with Gasteiger partial charge in [0.1, 0.15) is 5.82 Å². The maximum Gasteiger partial charge on any atom is 0.131 e. The van der Waals surface area contributed by atoms with Gasteiger partial charge in [0.15, 0.2) is 0 Å². The first-order valence-electron chi connectivity index (χ1n) is 7.59. The Kier molecular flexibility index (Phi) is 3.75. The Hall–Kier alpha value is -1.41. The molecule has 0 heterocycles. The lowest BCUT2D eigenvalue weighted by molar-refractivity contribution is 0.257. The number of rotatable bonds is 2. The minimum atomic E-state index is -0.159. The number of hydrogen-bond acceptors (Lipinski definition) is 1. The summed E-state index contributed by atoms with van der Waals surface area (Å²) in [4.78, 5) is 0. The lowest BCUT2D eigenvalue weighted by Crippen LogP contribution is -2.25. The average molecular weight is 271 g/mol. The first-order chi connectivity index (χ1) is 9.66. The predicted molar refractivity (Wildman–Crippen MR) is 82.0 cm³/mol. The molecule has 0 spiro atoms. The molecule has 2 aromatic rings. The van der Waals surface area contributed by atoms with Crippen molar-refractivity contribution in [2.75, 3.05) is 0 Å². The molecule has 0 aliphatic heterocycles. The fourth-order valence-electron chi connectivity index (χ4n) is 3.48. The predicted octanol–water partition coefficient (Wildman–Crippen LogP) is 4.81. The zero-order chi connectivity index (χ0) is 14.1. The Morgan fingerprint density at radius 1 is 1.00 bits per heavy atom. The van der Waals surface area contributed by atoms with Crippen LogP contribution in [0.25, 0.3) is 10.8 Å². The molecule has 3 rings (SSSR count). The third-order valence-electron chi connectivity index (χ3n) is 4.83. The highest BCUT2D eigenvalue weighted by Gasteiger charge is 2.25. The SMILES string of the molecule is CC1CCC(C(N)c2ccc(F)c3ccccc23)CC1. The van der Waals surface area contributed by atoms with Gasteiger partial charge in [-0.25, -0.2) is 4.39 Å². The fourth-order valence-corrected chi connectivity index (χ4v) is 3.48. The molecule has 0 aromatic heterocycles. The van der Waals surface area contributed by atoms with Crippen LogP contribution < -0.4 is 5.73 Å². The van der Waals surface area contributed by atoms with Gasteiger partial charge in [-0.05, 0) is 41.7 Å². The summed E-state index contributed by atoms with van der Waals surface area (Å²) in [5.74, 6) is 1.19. The molecule has 1 atom stereocenters. The van der Waals surface area contributed by atoms with Crippen molar-refractivity contribution in [2.24, 2.45) is 17.6 Å². The van der Waals surface area contributed by atoms with E-state index >= 15 is 0 Å². The van der Waals surface area contributed by atoms with E-state index in [2.05, 4.69) is 6.92 Å². The van der Waals surface area contributed by atoms with Gasteiger partial charge in [0.25, 0.3) is 0 Å². The Bertz CT molecular complexity index is 599. The molecule has 20 heavy (non-hydrogen) atoms. The maximum absolute atomic E-state index is 13.9. The molecule has 2 aromatic carbocycles. The topological polar surface area (TPSA) is 26.0 Å². The second-order valence-corrected chi connectivity index (χ2v) is 6.23. The minimum Gasteiger partial charge on any atom is -0.324 e. The lowest BCUT2D eigenvalue weighted by Gasteiger charge is -2.31. The van der Waals surface area contributed by atoms with Crippen LogP contribution in [0, 0.1) is 17.7 Å². The zero-order valence-corrected chi connectivity index (χ0v) is 12.0. The van der Waals surface area contributed by atoms with E-state index in [1.165, 1.54) is 25.7 Å². The van der Waals surface area contributed by atoms with Crippen molar-refractivity contribution in [3.05, 3.63) is 47.8 Å². The summed E-state index contributed by atoms with van der Waals surface area (Å²) < 4.78 is 13.9. The number of hydrogen-bond donors (Lipinski definition) is 1. The quantitative estimate of drug-likeness (QED) is 0.833. The monoisotopic (exact) mass is 271 g/mol. The van der Waals surface area contributed by atoms with Crippen LogP contribution in [0.5, 0.6) is 0 Å². The normalized spacial score (nSPS) is 24.8. The summed E-state index contributed by atoms with van der Waals surface area (Å²) in [6.07, 6.45) is 4.90. The minimum absolute atomic E-state index is 0.0213. The van der Waals surface area contributed by atoms with Crippen molar-refractivity contribution in [2.45, 2.75) is 38.6 Å². The number of benzene rings is 2. The molecule has 1 nitrogen and oxygen atoms in total. The molecule has 1 unspecified atom stereocenters. The van der Waals surface area contributed by atoms with Gasteiger partial charge in [0, 0.05) is 11.4 Å². The summed E-state index contributed by atoms with van der Waals surface area (Å²) >= 11 is 0. The average Bonchev–Trinajstić information content (AvgIpc) is 2.48. The summed E-state index contributed by atoms with van der Waals surface area (Å²) in [5.41, 5.74) is 7.61. The van der Waals surface area contributed by atoms with Crippen LogP contribution >= 0.6 is 0 Å². The van der Waals surface area contributed by atoms with E-state index in [0.29, 0.717) is 11.3 Å². The van der Waals surface area contributed by atoms with Crippen LogP contribution in [0.4, 0.5) is 4.39 Å². The molecule has 1 fully saturated rings. The van der Waals surface area contributed by atoms with Crippen LogP contribution in [-0.2, 0) is 0 Å². The highest BCUT2D eigenvalue weighted by Crippen LogP contribution is 2.37. The van der Waals surface area contributed by atoms with Crippen LogP contribution in [0.2, 0.25) is 0 Å². The molecule has 2 heteroatoms. The molecule has 1 saturated carbocycles. The van der Waals surface area contributed by atoms with Gasteiger partial charge in [-0.1, -0.05) is 50.1 Å². The van der Waals surface area contributed by atoms with Crippen molar-refractivity contribution in [1.29, 1.82) is 0 Å². The number of nitrogens with two attached hydrogens (primary N) is 1. The highest BCUT2D eigenvalue weighted by molar-refractivity contribution is 5.86. The lowest BCUT2D eigenvalue weighted by atomic mass is 9.77. The van der Waals surface area contributed by atoms with E-state index in [4.69, 9.17) is 5.73 Å². The highest BCUT2D eigenvalue weighted by atomic mass is 19.1. The Morgan fingerprint density at radius 3 is 2.35 bits per heavy atom. The maximum atomic E-state index is 13.9. The zero-order valence-electron chi connectivity index (χ0n) is 12.0. The van der Waals surface area contributed by atoms with Gasteiger partial charge in [0.2, 0.25) is 0 Å². The van der Waals surface area contributed by atoms with Gasteiger partial charge in [-0.15, -0.1) is 0 Å². The molecule has 0 bridgehead atoms. The third kappa shape index (κ3) is 2.45. The Labute approximate surface area is 120 Å². The van der Waals surface area contributed by atoms with E-state index < -0.39 is 0 Å². The van der Waals surface area contributed by atoms with Gasteiger partial charge >= 0.3 is 0 Å². The molecule has 106 valence electrons. The van der Waals surface area contributed by atoms with Gasteiger partial charge in [-0.3, -0.25) is 0 Å². The largest absolute Gasteiger partial charge is 0.324 e. The second-order valence-electron chi connectivity index (χ2n) is 6.23. The smallest absolute Gasteiger partial charge is 0.131 e. The van der Waals surface area contributed by atoms with Crippen LogP contribution in [0.1, 0.15) is 44.2 Å². The molecule has 0 radical (unpaired) electrons. The van der Waals surface area contributed by atoms with Crippen molar-refractivity contribution in [3.63, 3.8) is 0 Å². The van der Waals surface area contributed by atoms with Crippen LogP contribution in [0.3, 0.4) is 0 Å².